The largest absolute Gasteiger partial charge is 0.473 e. The van der Waals surface area contributed by atoms with Crippen molar-refractivity contribution in [3.63, 3.8) is 0 Å². The second-order valence-corrected chi connectivity index (χ2v) is 4.47. The van der Waals surface area contributed by atoms with Gasteiger partial charge >= 0.3 is 0 Å². The molecule has 2 rings (SSSR count). The maximum absolute atomic E-state index is 9.11. The first kappa shape index (κ1) is 12.9. The first-order chi connectivity index (χ1) is 8.67. The van der Waals surface area contributed by atoms with Gasteiger partial charge in [-0.3, -0.25) is 0 Å². The van der Waals surface area contributed by atoms with Gasteiger partial charge in [0.25, 0.3) is 0 Å². The number of benzene rings is 1. The minimum atomic E-state index is -0.0170. The zero-order chi connectivity index (χ0) is 13.0. The highest BCUT2D eigenvalue weighted by Gasteiger charge is 2.02. The summed E-state index contributed by atoms with van der Waals surface area (Å²) in [7, 11) is 0. The van der Waals surface area contributed by atoms with E-state index in [1.807, 2.05) is 37.3 Å². The van der Waals surface area contributed by atoms with Crippen LogP contribution in [0.1, 0.15) is 16.8 Å². The Kier molecular flexibility index (Phi) is 4.18. The van der Waals surface area contributed by atoms with Crippen LogP contribution in [0.3, 0.4) is 0 Å². The lowest BCUT2D eigenvalue weighted by Crippen LogP contribution is -1.99. The highest BCUT2D eigenvalue weighted by atomic mass is 35.5. The third-order valence-corrected chi connectivity index (χ3v) is 2.68. The Hall–Kier alpha value is -1.58. The minimum Gasteiger partial charge on any atom is -0.473 e. The molecule has 0 fully saturated rings. The Morgan fingerprint density at radius 2 is 2.06 bits per heavy atom. The van der Waals surface area contributed by atoms with Crippen molar-refractivity contribution >= 4 is 11.6 Å². The number of aliphatic hydroxyl groups excluding tert-OH is 1. The van der Waals surface area contributed by atoms with Crippen molar-refractivity contribution in [2.45, 2.75) is 20.1 Å². The molecule has 94 valence electrons. The van der Waals surface area contributed by atoms with Crippen molar-refractivity contribution in [1.29, 1.82) is 0 Å². The molecule has 0 amide bonds. The van der Waals surface area contributed by atoms with Crippen LogP contribution in [0.2, 0.25) is 5.02 Å². The van der Waals surface area contributed by atoms with Crippen molar-refractivity contribution in [2.24, 2.45) is 0 Å². The van der Waals surface area contributed by atoms with Crippen LogP contribution >= 0.6 is 11.6 Å². The van der Waals surface area contributed by atoms with Crippen LogP contribution in [0.25, 0.3) is 0 Å². The number of rotatable bonds is 4. The summed E-state index contributed by atoms with van der Waals surface area (Å²) in [5.74, 6) is 0.513. The van der Waals surface area contributed by atoms with Crippen LogP contribution in [0.5, 0.6) is 5.88 Å². The molecule has 4 heteroatoms. The molecular weight excluding hydrogens is 250 g/mol. The summed E-state index contributed by atoms with van der Waals surface area (Å²) < 4.78 is 5.59. The highest BCUT2D eigenvalue weighted by Crippen LogP contribution is 2.16. The smallest absolute Gasteiger partial charge is 0.214 e. The van der Waals surface area contributed by atoms with Crippen LogP contribution in [-0.2, 0) is 13.2 Å². The van der Waals surface area contributed by atoms with Gasteiger partial charge in [-0.25, -0.2) is 4.98 Å². The summed E-state index contributed by atoms with van der Waals surface area (Å²) in [5, 5.41) is 9.79. The van der Waals surface area contributed by atoms with E-state index in [0.29, 0.717) is 17.5 Å². The second kappa shape index (κ2) is 5.85. The van der Waals surface area contributed by atoms with Gasteiger partial charge in [0.05, 0.1) is 6.61 Å². The van der Waals surface area contributed by atoms with Crippen molar-refractivity contribution in [3.05, 3.63) is 58.2 Å². The SMILES string of the molecule is Cc1cc(CO)cc(OCc2cccc(Cl)c2)n1. The van der Waals surface area contributed by atoms with Gasteiger partial charge in [0, 0.05) is 16.8 Å². The molecule has 1 aromatic carbocycles. The maximum Gasteiger partial charge on any atom is 0.214 e. The fraction of sp³-hybridized carbons (Fsp3) is 0.214. The molecule has 0 radical (unpaired) electrons. The minimum absolute atomic E-state index is 0.0170. The topological polar surface area (TPSA) is 42.4 Å². The molecule has 1 N–H and O–H groups in total. The number of ether oxygens (including phenoxy) is 1. The van der Waals surface area contributed by atoms with Gasteiger partial charge in [0.15, 0.2) is 0 Å². The molecule has 3 nitrogen and oxygen atoms in total. The van der Waals surface area contributed by atoms with E-state index in [1.54, 1.807) is 6.07 Å². The Labute approximate surface area is 111 Å². The van der Waals surface area contributed by atoms with Crippen molar-refractivity contribution in [3.8, 4) is 5.88 Å². The number of aryl methyl sites for hydroxylation is 1. The first-order valence-corrected chi connectivity index (χ1v) is 6.01. The van der Waals surface area contributed by atoms with Gasteiger partial charge in [-0.2, -0.15) is 0 Å². The fourth-order valence-corrected chi connectivity index (χ4v) is 1.87. The molecule has 2 aromatic rings. The number of pyridine rings is 1. The average Bonchev–Trinajstić information content (AvgIpc) is 2.36. The summed E-state index contributed by atoms with van der Waals surface area (Å²) in [5.41, 5.74) is 2.60. The Morgan fingerprint density at radius 3 is 2.78 bits per heavy atom. The maximum atomic E-state index is 9.11. The predicted molar refractivity (Wildman–Crippen MR) is 70.7 cm³/mol. The summed E-state index contributed by atoms with van der Waals surface area (Å²) in [6, 6.07) is 11.0. The third kappa shape index (κ3) is 3.45. The van der Waals surface area contributed by atoms with E-state index < -0.39 is 0 Å². The monoisotopic (exact) mass is 263 g/mol. The van der Waals surface area contributed by atoms with Gasteiger partial charge in [-0.05, 0) is 36.2 Å². The fourth-order valence-electron chi connectivity index (χ4n) is 1.66. The summed E-state index contributed by atoms with van der Waals surface area (Å²) in [4.78, 5) is 4.25. The van der Waals surface area contributed by atoms with E-state index in [9.17, 15) is 0 Å². The zero-order valence-corrected chi connectivity index (χ0v) is 10.8. The third-order valence-electron chi connectivity index (χ3n) is 2.45. The lowest BCUT2D eigenvalue weighted by Gasteiger charge is -2.08. The highest BCUT2D eigenvalue weighted by molar-refractivity contribution is 6.30. The summed E-state index contributed by atoms with van der Waals surface area (Å²) >= 11 is 5.90. The predicted octanol–water partition coefficient (Wildman–Crippen LogP) is 3.11. The van der Waals surface area contributed by atoms with Gasteiger partial charge in [-0.15, -0.1) is 0 Å². The van der Waals surface area contributed by atoms with Crippen LogP contribution in [-0.4, -0.2) is 10.1 Å². The Morgan fingerprint density at radius 1 is 1.22 bits per heavy atom. The number of aromatic nitrogens is 1. The first-order valence-electron chi connectivity index (χ1n) is 5.63. The molecule has 0 aliphatic carbocycles. The molecule has 0 aliphatic rings. The zero-order valence-electron chi connectivity index (χ0n) is 10.1. The van der Waals surface area contributed by atoms with Crippen molar-refractivity contribution in [2.75, 3.05) is 0 Å². The van der Waals surface area contributed by atoms with E-state index >= 15 is 0 Å². The molecule has 1 aromatic heterocycles. The molecule has 1 heterocycles. The normalized spacial score (nSPS) is 10.4. The Bertz CT molecular complexity index is 543. The van der Waals surface area contributed by atoms with Crippen molar-refractivity contribution in [1.82, 2.24) is 4.98 Å². The van der Waals surface area contributed by atoms with Gasteiger partial charge < -0.3 is 9.84 Å². The summed E-state index contributed by atoms with van der Waals surface area (Å²) in [6.45, 7) is 2.25. The van der Waals surface area contributed by atoms with Crippen LogP contribution in [0, 0.1) is 6.92 Å². The number of halogens is 1. The number of aliphatic hydroxyl groups is 1. The average molecular weight is 264 g/mol. The van der Waals surface area contributed by atoms with E-state index in [-0.39, 0.29) is 6.61 Å². The number of hydrogen-bond acceptors (Lipinski definition) is 3. The molecule has 0 bridgehead atoms. The standard InChI is InChI=1S/C14H14ClNO2/c1-10-5-12(8-17)7-14(16-10)18-9-11-3-2-4-13(15)6-11/h2-7,17H,8-9H2,1H3. The Balaban J connectivity index is 2.08. The van der Waals surface area contributed by atoms with Crippen molar-refractivity contribution < 1.29 is 9.84 Å². The van der Waals surface area contributed by atoms with Crippen LogP contribution < -0.4 is 4.74 Å². The van der Waals surface area contributed by atoms with Gasteiger partial charge in [0.1, 0.15) is 6.61 Å². The lowest BCUT2D eigenvalue weighted by molar-refractivity contribution is 0.274. The van der Waals surface area contributed by atoms with Gasteiger partial charge in [0.2, 0.25) is 5.88 Å². The van der Waals surface area contributed by atoms with E-state index in [4.69, 9.17) is 21.4 Å². The lowest BCUT2D eigenvalue weighted by atomic mass is 10.2. The molecule has 0 atom stereocenters. The molecular formula is C14H14ClNO2. The number of nitrogens with zero attached hydrogens (tertiary/aromatic N) is 1. The van der Waals surface area contributed by atoms with Crippen LogP contribution in [0.4, 0.5) is 0 Å². The molecule has 0 saturated carbocycles. The number of hydrogen-bond donors (Lipinski definition) is 1. The van der Waals surface area contributed by atoms with Gasteiger partial charge in [-0.1, -0.05) is 23.7 Å². The van der Waals surface area contributed by atoms with Crippen LogP contribution in [0.15, 0.2) is 36.4 Å². The molecule has 0 saturated heterocycles. The molecule has 0 spiro atoms. The molecule has 0 aliphatic heterocycles. The second-order valence-electron chi connectivity index (χ2n) is 4.03. The van der Waals surface area contributed by atoms with E-state index in [0.717, 1.165) is 16.8 Å². The molecule has 18 heavy (non-hydrogen) atoms. The quantitative estimate of drug-likeness (QED) is 0.922. The van der Waals surface area contributed by atoms with E-state index in [1.165, 1.54) is 0 Å². The molecule has 0 unspecified atom stereocenters. The van der Waals surface area contributed by atoms with E-state index in [2.05, 4.69) is 4.98 Å². The summed E-state index contributed by atoms with van der Waals surface area (Å²) in [6.07, 6.45) is 0.